The van der Waals surface area contributed by atoms with Gasteiger partial charge in [-0.2, -0.15) is 0 Å². The number of hydrogen-bond acceptors (Lipinski definition) is 4. The fourth-order valence-corrected chi connectivity index (χ4v) is 2.10. The van der Waals surface area contributed by atoms with Crippen molar-refractivity contribution in [3.63, 3.8) is 0 Å². The Balaban J connectivity index is 2.03. The Morgan fingerprint density at radius 2 is 1.95 bits per heavy atom. The number of methoxy groups -OCH3 is 1. The lowest BCUT2D eigenvalue weighted by atomic mass is 10.1. The fourth-order valence-electron chi connectivity index (χ4n) is 2.10. The number of halogens is 1. The molecule has 2 heterocycles. The molecule has 0 unspecified atom stereocenters. The summed E-state index contributed by atoms with van der Waals surface area (Å²) in [5.41, 5.74) is 8.02. The minimum atomic E-state index is -0.407. The quantitative estimate of drug-likeness (QED) is 0.775. The summed E-state index contributed by atoms with van der Waals surface area (Å²) < 4.78 is 19.2. The molecule has 0 aliphatic heterocycles. The van der Waals surface area contributed by atoms with Crippen LogP contribution in [0.2, 0.25) is 0 Å². The molecule has 1 aromatic carbocycles. The van der Waals surface area contributed by atoms with Gasteiger partial charge in [0.15, 0.2) is 11.6 Å². The van der Waals surface area contributed by atoms with Crippen molar-refractivity contribution in [3.8, 4) is 28.4 Å². The van der Waals surface area contributed by atoms with Gasteiger partial charge >= 0.3 is 0 Å². The van der Waals surface area contributed by atoms with Gasteiger partial charge in [0, 0.05) is 17.5 Å². The minimum Gasteiger partial charge on any atom is -0.494 e. The molecule has 0 aliphatic rings. The first-order valence-corrected chi connectivity index (χ1v) is 6.30. The molecule has 2 aromatic heterocycles. The van der Waals surface area contributed by atoms with E-state index in [1.165, 1.54) is 7.11 Å². The lowest BCUT2D eigenvalue weighted by Gasteiger charge is -2.06. The predicted octanol–water partition coefficient (Wildman–Crippen LogP) is 2.87. The second-order valence-corrected chi connectivity index (χ2v) is 4.41. The Labute approximate surface area is 120 Å². The first kappa shape index (κ1) is 13.1. The van der Waals surface area contributed by atoms with Crippen LogP contribution in [0.5, 0.6) is 5.75 Å². The van der Waals surface area contributed by atoms with Crippen LogP contribution in [0, 0.1) is 5.82 Å². The van der Waals surface area contributed by atoms with Crippen LogP contribution in [-0.2, 0) is 0 Å². The molecule has 3 rings (SSSR count). The highest BCUT2D eigenvalue weighted by molar-refractivity contribution is 5.68. The Bertz CT molecular complexity index is 785. The van der Waals surface area contributed by atoms with Crippen molar-refractivity contribution in [3.05, 3.63) is 48.4 Å². The zero-order chi connectivity index (χ0) is 14.8. The van der Waals surface area contributed by atoms with Gasteiger partial charge in [0.25, 0.3) is 0 Å². The van der Waals surface area contributed by atoms with Crippen LogP contribution in [0.15, 0.2) is 42.6 Å². The Kier molecular flexibility index (Phi) is 3.27. The SMILES string of the molecule is COc1cccc(-c2ccc(-c3ccnc(N)n3)[nH]2)c1F. The summed E-state index contributed by atoms with van der Waals surface area (Å²) in [6.07, 6.45) is 1.57. The number of H-pyrrole nitrogens is 1. The number of hydrogen-bond donors (Lipinski definition) is 2. The third-order valence-corrected chi connectivity index (χ3v) is 3.11. The van der Waals surface area contributed by atoms with E-state index in [0.29, 0.717) is 17.0 Å². The largest absolute Gasteiger partial charge is 0.494 e. The van der Waals surface area contributed by atoms with Crippen molar-refractivity contribution >= 4 is 5.95 Å². The van der Waals surface area contributed by atoms with E-state index in [9.17, 15) is 4.39 Å². The molecule has 0 aliphatic carbocycles. The highest BCUT2D eigenvalue weighted by Gasteiger charge is 2.12. The summed E-state index contributed by atoms with van der Waals surface area (Å²) in [6, 6.07) is 10.3. The zero-order valence-electron chi connectivity index (χ0n) is 11.3. The van der Waals surface area contributed by atoms with E-state index in [4.69, 9.17) is 10.5 Å². The monoisotopic (exact) mass is 284 g/mol. The average Bonchev–Trinajstić information content (AvgIpc) is 2.97. The van der Waals surface area contributed by atoms with E-state index < -0.39 is 5.82 Å². The summed E-state index contributed by atoms with van der Waals surface area (Å²) in [4.78, 5) is 11.1. The van der Waals surface area contributed by atoms with E-state index in [0.717, 1.165) is 5.69 Å². The summed E-state index contributed by atoms with van der Waals surface area (Å²) in [7, 11) is 1.44. The number of nitrogens with two attached hydrogens (primary N) is 1. The van der Waals surface area contributed by atoms with Crippen LogP contribution in [-0.4, -0.2) is 22.1 Å². The number of nitrogens with zero attached hydrogens (tertiary/aromatic N) is 2. The van der Waals surface area contributed by atoms with Gasteiger partial charge in [-0.3, -0.25) is 0 Å². The number of nitrogens with one attached hydrogen (secondary N) is 1. The molecule has 3 N–H and O–H groups in total. The molecule has 0 spiro atoms. The Hall–Kier alpha value is -2.89. The predicted molar refractivity (Wildman–Crippen MR) is 78.2 cm³/mol. The normalized spacial score (nSPS) is 10.6. The summed E-state index contributed by atoms with van der Waals surface area (Å²) in [5, 5.41) is 0. The van der Waals surface area contributed by atoms with Crippen molar-refractivity contribution in [2.24, 2.45) is 0 Å². The number of aromatic nitrogens is 3. The zero-order valence-corrected chi connectivity index (χ0v) is 11.3. The molecule has 21 heavy (non-hydrogen) atoms. The second kappa shape index (κ2) is 5.24. The fraction of sp³-hybridized carbons (Fsp3) is 0.0667. The van der Waals surface area contributed by atoms with Crippen LogP contribution < -0.4 is 10.5 Å². The molecular weight excluding hydrogens is 271 g/mol. The molecule has 3 aromatic rings. The van der Waals surface area contributed by atoms with Crippen molar-refractivity contribution in [2.75, 3.05) is 12.8 Å². The van der Waals surface area contributed by atoms with Gasteiger partial charge in [-0.05, 0) is 30.3 Å². The van der Waals surface area contributed by atoms with Gasteiger partial charge in [-0.25, -0.2) is 14.4 Å². The van der Waals surface area contributed by atoms with Crippen LogP contribution in [0.3, 0.4) is 0 Å². The summed E-state index contributed by atoms with van der Waals surface area (Å²) >= 11 is 0. The summed E-state index contributed by atoms with van der Waals surface area (Å²) in [6.45, 7) is 0. The first-order chi connectivity index (χ1) is 10.2. The molecule has 5 nitrogen and oxygen atoms in total. The van der Waals surface area contributed by atoms with E-state index in [2.05, 4.69) is 15.0 Å². The van der Waals surface area contributed by atoms with Gasteiger partial charge in [0.05, 0.1) is 18.5 Å². The number of benzene rings is 1. The van der Waals surface area contributed by atoms with Gasteiger partial charge in [-0.1, -0.05) is 6.07 Å². The topological polar surface area (TPSA) is 76.8 Å². The minimum absolute atomic E-state index is 0.191. The molecule has 0 saturated carbocycles. The number of ether oxygens (including phenoxy) is 1. The second-order valence-electron chi connectivity index (χ2n) is 4.41. The smallest absolute Gasteiger partial charge is 0.220 e. The van der Waals surface area contributed by atoms with E-state index in [1.54, 1.807) is 36.5 Å². The molecular formula is C15H13FN4O. The Morgan fingerprint density at radius 3 is 2.71 bits per heavy atom. The van der Waals surface area contributed by atoms with Crippen molar-refractivity contribution in [1.29, 1.82) is 0 Å². The lowest BCUT2D eigenvalue weighted by Crippen LogP contribution is -1.95. The number of rotatable bonds is 3. The molecule has 106 valence electrons. The van der Waals surface area contributed by atoms with Crippen LogP contribution >= 0.6 is 0 Å². The number of aromatic amines is 1. The molecule has 0 atom stereocenters. The maximum Gasteiger partial charge on any atom is 0.220 e. The molecule has 0 fully saturated rings. The standard InChI is InChI=1S/C15H13FN4O/c1-21-13-4-2-3-9(14(13)16)10-5-6-11(19-10)12-7-8-18-15(17)20-12/h2-8,19H,1H3,(H2,17,18,20). The van der Waals surface area contributed by atoms with Crippen molar-refractivity contribution < 1.29 is 9.13 Å². The Morgan fingerprint density at radius 1 is 1.14 bits per heavy atom. The van der Waals surface area contributed by atoms with E-state index in [1.807, 2.05) is 6.07 Å². The molecule has 0 bridgehead atoms. The lowest BCUT2D eigenvalue weighted by molar-refractivity contribution is 0.387. The van der Waals surface area contributed by atoms with Crippen LogP contribution in [0.1, 0.15) is 0 Å². The molecule has 0 saturated heterocycles. The number of anilines is 1. The van der Waals surface area contributed by atoms with Gasteiger partial charge in [0.1, 0.15) is 0 Å². The van der Waals surface area contributed by atoms with Crippen molar-refractivity contribution in [2.45, 2.75) is 0 Å². The summed E-state index contributed by atoms with van der Waals surface area (Å²) in [5.74, 6) is -0.0123. The molecule has 6 heteroatoms. The third-order valence-electron chi connectivity index (χ3n) is 3.11. The molecule has 0 radical (unpaired) electrons. The third kappa shape index (κ3) is 2.43. The van der Waals surface area contributed by atoms with Crippen LogP contribution in [0.25, 0.3) is 22.6 Å². The number of nitrogen functional groups attached to an aromatic ring is 1. The van der Waals surface area contributed by atoms with Gasteiger partial charge in [0.2, 0.25) is 5.95 Å². The van der Waals surface area contributed by atoms with Gasteiger partial charge in [-0.15, -0.1) is 0 Å². The highest BCUT2D eigenvalue weighted by Crippen LogP contribution is 2.30. The van der Waals surface area contributed by atoms with Crippen LogP contribution in [0.4, 0.5) is 10.3 Å². The van der Waals surface area contributed by atoms with Gasteiger partial charge < -0.3 is 15.5 Å². The first-order valence-electron chi connectivity index (χ1n) is 6.30. The van der Waals surface area contributed by atoms with Crippen molar-refractivity contribution in [1.82, 2.24) is 15.0 Å². The van der Waals surface area contributed by atoms with E-state index in [-0.39, 0.29) is 11.7 Å². The molecule has 0 amide bonds. The maximum atomic E-state index is 14.2. The van der Waals surface area contributed by atoms with E-state index >= 15 is 0 Å². The highest BCUT2D eigenvalue weighted by atomic mass is 19.1. The average molecular weight is 284 g/mol. The maximum absolute atomic E-state index is 14.2.